The Balaban J connectivity index is 1.92. The van der Waals surface area contributed by atoms with Gasteiger partial charge in [-0.25, -0.2) is 4.98 Å². The van der Waals surface area contributed by atoms with Gasteiger partial charge in [0.2, 0.25) is 0 Å². The predicted octanol–water partition coefficient (Wildman–Crippen LogP) is 3.83. The van der Waals surface area contributed by atoms with Crippen molar-refractivity contribution >= 4 is 45.0 Å². The van der Waals surface area contributed by atoms with Crippen LogP contribution in [0.3, 0.4) is 0 Å². The van der Waals surface area contributed by atoms with Crippen LogP contribution < -0.4 is 0 Å². The molecule has 1 aromatic heterocycles. The van der Waals surface area contributed by atoms with Crippen LogP contribution in [-0.4, -0.2) is 16.1 Å². The molecule has 6 heteroatoms. The van der Waals surface area contributed by atoms with E-state index in [0.717, 1.165) is 14.6 Å². The number of hydrogen-bond donors (Lipinski definition) is 1. The quantitative estimate of drug-likeness (QED) is 0.838. The number of halogens is 1. The van der Waals surface area contributed by atoms with Crippen LogP contribution in [0.15, 0.2) is 38.5 Å². The summed E-state index contributed by atoms with van der Waals surface area (Å²) in [6, 6.07) is 8.13. The summed E-state index contributed by atoms with van der Waals surface area (Å²) in [4.78, 5) is 14.8. The fourth-order valence-corrected chi connectivity index (χ4v) is 3.38. The number of rotatable bonds is 5. The van der Waals surface area contributed by atoms with Gasteiger partial charge in [-0.3, -0.25) is 4.79 Å². The average molecular weight is 344 g/mol. The lowest BCUT2D eigenvalue weighted by molar-refractivity contribution is -0.136. The van der Waals surface area contributed by atoms with Crippen molar-refractivity contribution in [1.82, 2.24) is 4.98 Å². The van der Waals surface area contributed by atoms with E-state index in [2.05, 4.69) is 33.0 Å². The molecule has 0 saturated carbocycles. The second-order valence-corrected chi connectivity index (χ2v) is 6.59. The molecule has 0 radical (unpaired) electrons. The molecule has 0 aliphatic rings. The normalized spacial score (nSPS) is 10.5. The van der Waals surface area contributed by atoms with E-state index < -0.39 is 5.97 Å². The van der Waals surface area contributed by atoms with Gasteiger partial charge in [0, 0.05) is 15.6 Å². The third-order valence-corrected chi connectivity index (χ3v) is 4.81. The first kappa shape index (κ1) is 13.6. The van der Waals surface area contributed by atoms with Gasteiger partial charge >= 0.3 is 5.97 Å². The van der Waals surface area contributed by atoms with Gasteiger partial charge in [0.15, 0.2) is 0 Å². The molecule has 18 heavy (non-hydrogen) atoms. The van der Waals surface area contributed by atoms with E-state index in [0.29, 0.717) is 5.69 Å². The zero-order valence-corrected chi connectivity index (χ0v) is 12.5. The highest BCUT2D eigenvalue weighted by Gasteiger charge is 2.06. The van der Waals surface area contributed by atoms with E-state index in [4.69, 9.17) is 5.11 Å². The highest BCUT2D eigenvalue weighted by molar-refractivity contribution is 9.10. The molecule has 0 aliphatic carbocycles. The molecule has 2 rings (SSSR count). The third-order valence-electron chi connectivity index (χ3n) is 2.14. The number of hydrogen-bond acceptors (Lipinski definition) is 4. The predicted molar refractivity (Wildman–Crippen MR) is 77.2 cm³/mol. The average Bonchev–Trinajstić information content (AvgIpc) is 2.75. The molecule has 1 aromatic carbocycles. The molecule has 1 heterocycles. The van der Waals surface area contributed by atoms with Crippen molar-refractivity contribution in [2.75, 3.05) is 0 Å². The summed E-state index contributed by atoms with van der Waals surface area (Å²) >= 11 is 6.51. The molecule has 0 bridgehead atoms. The number of carboxylic acid groups (broad SMARTS) is 1. The first-order chi connectivity index (χ1) is 8.63. The van der Waals surface area contributed by atoms with Gasteiger partial charge < -0.3 is 5.11 Å². The maximum atomic E-state index is 10.5. The van der Waals surface area contributed by atoms with Crippen molar-refractivity contribution in [3.8, 4) is 0 Å². The zero-order chi connectivity index (χ0) is 13.0. The molecule has 94 valence electrons. The highest BCUT2D eigenvalue weighted by Crippen LogP contribution is 2.26. The van der Waals surface area contributed by atoms with E-state index in [1.54, 1.807) is 17.1 Å². The largest absolute Gasteiger partial charge is 0.481 e. The SMILES string of the molecule is O=C(O)Cc1csc(SCc2ccc(Br)cc2)n1. The smallest absolute Gasteiger partial charge is 0.309 e. The molecule has 2 aromatic rings. The lowest BCUT2D eigenvalue weighted by atomic mass is 10.2. The first-order valence-corrected chi connectivity index (χ1v) is 7.83. The maximum Gasteiger partial charge on any atom is 0.309 e. The summed E-state index contributed by atoms with van der Waals surface area (Å²) in [5.41, 5.74) is 1.85. The van der Waals surface area contributed by atoms with E-state index in [1.165, 1.54) is 16.9 Å². The molecule has 3 nitrogen and oxygen atoms in total. The number of thiazole rings is 1. The van der Waals surface area contributed by atoms with E-state index in [1.807, 2.05) is 12.1 Å². The van der Waals surface area contributed by atoms with E-state index >= 15 is 0 Å². The van der Waals surface area contributed by atoms with Crippen molar-refractivity contribution < 1.29 is 9.90 Å². The lowest BCUT2D eigenvalue weighted by Crippen LogP contribution is -1.99. The molecule has 0 aliphatic heterocycles. The van der Waals surface area contributed by atoms with E-state index in [9.17, 15) is 4.79 Å². The van der Waals surface area contributed by atoms with Crippen molar-refractivity contribution in [3.63, 3.8) is 0 Å². The number of benzene rings is 1. The number of carbonyl (C=O) groups is 1. The van der Waals surface area contributed by atoms with Gasteiger partial charge in [-0.05, 0) is 17.7 Å². The van der Waals surface area contributed by atoms with Crippen LogP contribution in [0.5, 0.6) is 0 Å². The van der Waals surface area contributed by atoms with Gasteiger partial charge in [0.1, 0.15) is 4.34 Å². The summed E-state index contributed by atoms with van der Waals surface area (Å²) in [5, 5.41) is 10.5. The van der Waals surface area contributed by atoms with Crippen LogP contribution in [-0.2, 0) is 17.0 Å². The summed E-state index contributed by atoms with van der Waals surface area (Å²) in [7, 11) is 0. The Bertz CT molecular complexity index is 539. The Hall–Kier alpha value is -0.850. The highest BCUT2D eigenvalue weighted by atomic mass is 79.9. The summed E-state index contributed by atoms with van der Waals surface area (Å²) < 4.78 is 1.98. The number of aromatic nitrogens is 1. The topological polar surface area (TPSA) is 50.2 Å². The molecule has 0 atom stereocenters. The van der Waals surface area contributed by atoms with Crippen LogP contribution in [0.4, 0.5) is 0 Å². The van der Waals surface area contributed by atoms with Crippen LogP contribution >= 0.6 is 39.0 Å². The number of aliphatic carboxylic acids is 1. The fourth-order valence-electron chi connectivity index (χ4n) is 1.32. The summed E-state index contributed by atoms with van der Waals surface area (Å²) in [6.07, 6.45) is -0.00462. The van der Waals surface area contributed by atoms with Gasteiger partial charge in [0.25, 0.3) is 0 Å². The Kier molecular flexibility index (Phi) is 4.79. The van der Waals surface area contributed by atoms with E-state index in [-0.39, 0.29) is 6.42 Å². The van der Waals surface area contributed by atoms with Crippen molar-refractivity contribution in [1.29, 1.82) is 0 Å². The molecule has 0 fully saturated rings. The van der Waals surface area contributed by atoms with Gasteiger partial charge in [-0.15, -0.1) is 11.3 Å². The lowest BCUT2D eigenvalue weighted by Gasteiger charge is -1.98. The number of thioether (sulfide) groups is 1. The second-order valence-electron chi connectivity index (χ2n) is 3.59. The minimum Gasteiger partial charge on any atom is -0.481 e. The first-order valence-electron chi connectivity index (χ1n) is 5.17. The molecule has 0 spiro atoms. The second kappa shape index (κ2) is 6.36. The Morgan fingerprint density at radius 3 is 2.78 bits per heavy atom. The standard InChI is InChI=1S/C12H10BrNO2S2/c13-9-3-1-8(2-4-9)6-17-12-14-10(7-18-12)5-11(15)16/h1-4,7H,5-6H2,(H,15,16). The monoisotopic (exact) mass is 343 g/mol. The van der Waals surface area contributed by atoms with Crippen LogP contribution in [0.2, 0.25) is 0 Å². The molecule has 0 unspecified atom stereocenters. The van der Waals surface area contributed by atoms with Gasteiger partial charge in [-0.1, -0.05) is 39.8 Å². The van der Waals surface area contributed by atoms with Gasteiger partial charge in [0.05, 0.1) is 12.1 Å². The van der Waals surface area contributed by atoms with Crippen LogP contribution in [0, 0.1) is 0 Å². The number of carboxylic acids is 1. The Morgan fingerprint density at radius 1 is 1.39 bits per heavy atom. The maximum absolute atomic E-state index is 10.5. The molecule has 0 saturated heterocycles. The summed E-state index contributed by atoms with van der Waals surface area (Å²) in [6.45, 7) is 0. The third kappa shape index (κ3) is 4.12. The summed E-state index contributed by atoms with van der Waals surface area (Å²) in [5.74, 6) is -0.00224. The van der Waals surface area contributed by atoms with Gasteiger partial charge in [-0.2, -0.15) is 0 Å². The minimum atomic E-state index is -0.843. The van der Waals surface area contributed by atoms with Crippen LogP contribution in [0.1, 0.15) is 11.3 Å². The molecule has 0 amide bonds. The number of nitrogens with zero attached hydrogens (tertiary/aromatic N) is 1. The van der Waals surface area contributed by atoms with Crippen molar-refractivity contribution in [3.05, 3.63) is 45.4 Å². The fraction of sp³-hybridized carbons (Fsp3) is 0.167. The Morgan fingerprint density at radius 2 is 2.11 bits per heavy atom. The van der Waals surface area contributed by atoms with Crippen molar-refractivity contribution in [2.45, 2.75) is 16.5 Å². The van der Waals surface area contributed by atoms with Crippen LogP contribution in [0.25, 0.3) is 0 Å². The molecule has 1 N–H and O–H groups in total. The minimum absolute atomic E-state index is 0.00462. The zero-order valence-electron chi connectivity index (χ0n) is 9.30. The Labute approximate surface area is 121 Å². The molecular weight excluding hydrogens is 334 g/mol. The van der Waals surface area contributed by atoms with Crippen molar-refractivity contribution in [2.24, 2.45) is 0 Å². The molecular formula is C12H10BrNO2S2.